The van der Waals surface area contributed by atoms with Crippen LogP contribution in [0.5, 0.6) is 0 Å². The third-order valence-corrected chi connectivity index (χ3v) is 4.93. The van der Waals surface area contributed by atoms with Crippen molar-refractivity contribution < 1.29 is 9.52 Å². The van der Waals surface area contributed by atoms with Crippen molar-refractivity contribution in [3.63, 3.8) is 0 Å². The molecule has 0 amide bonds. The third kappa shape index (κ3) is 3.34. The molecule has 0 bridgehead atoms. The number of halogens is 1. The van der Waals surface area contributed by atoms with Gasteiger partial charge in [0, 0.05) is 20.5 Å². The van der Waals surface area contributed by atoms with Crippen molar-refractivity contribution in [2.75, 3.05) is 5.75 Å². The van der Waals surface area contributed by atoms with Crippen molar-refractivity contribution in [1.82, 2.24) is 0 Å². The summed E-state index contributed by atoms with van der Waals surface area (Å²) in [6, 6.07) is 16.0. The first-order valence-corrected chi connectivity index (χ1v) is 8.47. The second kappa shape index (κ2) is 6.26. The Kier molecular flexibility index (Phi) is 4.38. The maximum absolute atomic E-state index is 10.3. The van der Waals surface area contributed by atoms with Crippen LogP contribution in [0.15, 0.2) is 62.3 Å². The molecule has 21 heavy (non-hydrogen) atoms. The van der Waals surface area contributed by atoms with Gasteiger partial charge in [0.2, 0.25) is 0 Å². The van der Waals surface area contributed by atoms with Crippen LogP contribution in [0, 0.1) is 6.92 Å². The lowest BCUT2D eigenvalue weighted by Crippen LogP contribution is -1.98. The summed E-state index contributed by atoms with van der Waals surface area (Å²) < 4.78 is 6.85. The van der Waals surface area contributed by atoms with Crippen LogP contribution in [-0.4, -0.2) is 10.9 Å². The fourth-order valence-electron chi connectivity index (χ4n) is 2.18. The molecule has 0 saturated heterocycles. The van der Waals surface area contributed by atoms with Crippen LogP contribution in [0.2, 0.25) is 0 Å². The van der Waals surface area contributed by atoms with Gasteiger partial charge < -0.3 is 9.52 Å². The summed E-state index contributed by atoms with van der Waals surface area (Å²) in [5.74, 6) is 1.20. The molecule has 0 aliphatic heterocycles. The second-order valence-electron chi connectivity index (χ2n) is 4.92. The minimum atomic E-state index is -0.606. The average molecular weight is 363 g/mol. The van der Waals surface area contributed by atoms with E-state index in [-0.39, 0.29) is 0 Å². The molecule has 1 N–H and O–H groups in total. The Bertz CT molecular complexity index is 749. The number of para-hydroxylation sites is 1. The summed E-state index contributed by atoms with van der Waals surface area (Å²) in [5, 5.41) is 11.3. The number of furan rings is 1. The molecule has 0 aliphatic carbocycles. The van der Waals surface area contributed by atoms with Crippen molar-refractivity contribution in [1.29, 1.82) is 0 Å². The van der Waals surface area contributed by atoms with Gasteiger partial charge in [-0.2, -0.15) is 0 Å². The summed E-state index contributed by atoms with van der Waals surface area (Å²) in [6.07, 6.45) is -0.606. The fourth-order valence-corrected chi connectivity index (χ4v) is 3.29. The molecule has 1 atom stereocenters. The van der Waals surface area contributed by atoms with E-state index in [9.17, 15) is 5.11 Å². The Morgan fingerprint density at radius 2 is 1.95 bits per heavy atom. The highest BCUT2D eigenvalue weighted by Crippen LogP contribution is 2.30. The maximum atomic E-state index is 10.3. The number of aliphatic hydroxyl groups excluding tert-OH is 1. The van der Waals surface area contributed by atoms with Crippen molar-refractivity contribution >= 4 is 38.7 Å². The SMILES string of the molecule is Cc1cccc2cc(C(O)CSc3ccc(Br)cc3)oc12. The minimum Gasteiger partial charge on any atom is -0.458 e. The van der Waals surface area contributed by atoms with Crippen LogP contribution < -0.4 is 0 Å². The smallest absolute Gasteiger partial charge is 0.137 e. The van der Waals surface area contributed by atoms with Crippen molar-refractivity contribution in [2.45, 2.75) is 17.9 Å². The van der Waals surface area contributed by atoms with Gasteiger partial charge in [-0.15, -0.1) is 11.8 Å². The number of rotatable bonds is 4. The standard InChI is InChI=1S/C17H15BrO2S/c1-11-3-2-4-12-9-16(20-17(11)12)15(19)10-21-14-7-5-13(18)6-8-14/h2-9,15,19H,10H2,1H3. The molecule has 1 unspecified atom stereocenters. The molecule has 0 radical (unpaired) electrons. The Labute approximate surface area is 136 Å². The van der Waals surface area contributed by atoms with Gasteiger partial charge in [-0.25, -0.2) is 0 Å². The molecular weight excluding hydrogens is 348 g/mol. The van der Waals surface area contributed by atoms with Gasteiger partial charge in [-0.3, -0.25) is 0 Å². The highest BCUT2D eigenvalue weighted by atomic mass is 79.9. The number of hydrogen-bond donors (Lipinski definition) is 1. The van der Waals surface area contributed by atoms with E-state index in [1.165, 1.54) is 0 Å². The first-order chi connectivity index (χ1) is 10.1. The predicted octanol–water partition coefficient (Wildman–Crippen LogP) is 5.33. The zero-order valence-electron chi connectivity index (χ0n) is 11.5. The largest absolute Gasteiger partial charge is 0.458 e. The minimum absolute atomic E-state index is 0.570. The molecule has 1 heterocycles. The van der Waals surface area contributed by atoms with Crippen LogP contribution >= 0.6 is 27.7 Å². The lowest BCUT2D eigenvalue weighted by atomic mass is 10.2. The Morgan fingerprint density at radius 1 is 1.19 bits per heavy atom. The van der Waals surface area contributed by atoms with E-state index in [4.69, 9.17) is 4.42 Å². The summed E-state index contributed by atoms with van der Waals surface area (Å²) in [5.41, 5.74) is 1.95. The number of hydrogen-bond acceptors (Lipinski definition) is 3. The summed E-state index contributed by atoms with van der Waals surface area (Å²) in [4.78, 5) is 1.13. The number of fused-ring (bicyclic) bond motifs is 1. The molecule has 0 spiro atoms. The monoisotopic (exact) mass is 362 g/mol. The first kappa shape index (κ1) is 14.7. The Morgan fingerprint density at radius 3 is 2.67 bits per heavy atom. The molecule has 108 valence electrons. The maximum Gasteiger partial charge on any atom is 0.137 e. The highest BCUT2D eigenvalue weighted by molar-refractivity contribution is 9.10. The quantitative estimate of drug-likeness (QED) is 0.636. The van der Waals surface area contributed by atoms with Gasteiger partial charge >= 0.3 is 0 Å². The van der Waals surface area contributed by atoms with Gasteiger partial charge in [-0.05, 0) is 42.8 Å². The Balaban J connectivity index is 1.73. The van der Waals surface area contributed by atoms with E-state index in [1.54, 1.807) is 11.8 Å². The van der Waals surface area contributed by atoms with Crippen LogP contribution in [0.4, 0.5) is 0 Å². The molecule has 3 rings (SSSR count). The number of aliphatic hydroxyl groups is 1. The Hall–Kier alpha value is -1.23. The van der Waals surface area contributed by atoms with Gasteiger partial charge in [0.15, 0.2) is 0 Å². The number of thioether (sulfide) groups is 1. The average Bonchev–Trinajstić information content (AvgIpc) is 2.92. The van der Waals surface area contributed by atoms with Gasteiger partial charge in [-0.1, -0.05) is 34.1 Å². The van der Waals surface area contributed by atoms with Crippen molar-refractivity contribution in [3.8, 4) is 0 Å². The van der Waals surface area contributed by atoms with Gasteiger partial charge in [0.05, 0.1) is 0 Å². The molecule has 0 aliphatic rings. The lowest BCUT2D eigenvalue weighted by molar-refractivity contribution is 0.176. The van der Waals surface area contributed by atoms with E-state index >= 15 is 0 Å². The lowest BCUT2D eigenvalue weighted by Gasteiger charge is -2.07. The predicted molar refractivity (Wildman–Crippen MR) is 90.8 cm³/mol. The van der Waals surface area contributed by atoms with Gasteiger partial charge in [0.25, 0.3) is 0 Å². The molecule has 0 saturated carbocycles. The van der Waals surface area contributed by atoms with E-state index in [1.807, 2.05) is 55.5 Å². The topological polar surface area (TPSA) is 33.4 Å². The first-order valence-electron chi connectivity index (χ1n) is 6.69. The molecule has 2 aromatic carbocycles. The number of benzene rings is 2. The van der Waals surface area contributed by atoms with E-state index in [0.29, 0.717) is 11.5 Å². The van der Waals surface area contributed by atoms with E-state index in [0.717, 1.165) is 25.9 Å². The van der Waals surface area contributed by atoms with E-state index < -0.39 is 6.10 Å². The summed E-state index contributed by atoms with van der Waals surface area (Å²) in [7, 11) is 0. The third-order valence-electron chi connectivity index (χ3n) is 3.31. The van der Waals surface area contributed by atoms with Crippen LogP contribution in [-0.2, 0) is 0 Å². The second-order valence-corrected chi connectivity index (χ2v) is 6.93. The molecule has 1 aromatic heterocycles. The molecule has 4 heteroatoms. The van der Waals surface area contributed by atoms with Crippen LogP contribution in [0.25, 0.3) is 11.0 Å². The molecule has 2 nitrogen and oxygen atoms in total. The zero-order valence-corrected chi connectivity index (χ0v) is 13.9. The normalized spacial score (nSPS) is 12.7. The van der Waals surface area contributed by atoms with Gasteiger partial charge in [0.1, 0.15) is 17.4 Å². The highest BCUT2D eigenvalue weighted by Gasteiger charge is 2.14. The molecule has 0 fully saturated rings. The number of aryl methyl sites for hydroxylation is 1. The molecular formula is C17H15BrO2S. The van der Waals surface area contributed by atoms with E-state index in [2.05, 4.69) is 15.9 Å². The van der Waals surface area contributed by atoms with Crippen LogP contribution in [0.1, 0.15) is 17.4 Å². The van der Waals surface area contributed by atoms with Crippen molar-refractivity contribution in [3.05, 3.63) is 64.3 Å². The fraction of sp³-hybridized carbons (Fsp3) is 0.176. The molecule has 3 aromatic rings. The van der Waals surface area contributed by atoms with Crippen LogP contribution in [0.3, 0.4) is 0 Å². The van der Waals surface area contributed by atoms with Crippen molar-refractivity contribution in [2.24, 2.45) is 0 Å². The summed E-state index contributed by atoms with van der Waals surface area (Å²) in [6.45, 7) is 2.01. The zero-order chi connectivity index (χ0) is 14.8. The summed E-state index contributed by atoms with van der Waals surface area (Å²) >= 11 is 5.03.